The first-order chi connectivity index (χ1) is 9.94. The fourth-order valence-electron chi connectivity index (χ4n) is 1.67. The van der Waals surface area contributed by atoms with Crippen molar-refractivity contribution in [3.63, 3.8) is 0 Å². The zero-order chi connectivity index (χ0) is 15.5. The summed E-state index contributed by atoms with van der Waals surface area (Å²) >= 11 is 7.99. The van der Waals surface area contributed by atoms with Gasteiger partial charge in [0.25, 0.3) is 10.0 Å². The summed E-state index contributed by atoms with van der Waals surface area (Å²) in [7, 11) is -1.70. The number of nitrogens with one attached hydrogen (secondary N) is 2. The van der Waals surface area contributed by atoms with E-state index in [2.05, 4.69) is 41.9 Å². The van der Waals surface area contributed by atoms with E-state index in [0.29, 0.717) is 18.8 Å². The zero-order valence-electron chi connectivity index (χ0n) is 11.2. The lowest BCUT2D eigenvalue weighted by Crippen LogP contribution is -2.12. The summed E-state index contributed by atoms with van der Waals surface area (Å²) in [5.74, 6) is 0. The average molecular weight is 454 g/mol. The number of hydrogen-bond donors (Lipinski definition) is 2. The Hall–Kier alpha value is -0.410. The van der Waals surface area contributed by atoms with Crippen LogP contribution in [0.5, 0.6) is 0 Å². The van der Waals surface area contributed by atoms with Gasteiger partial charge in [-0.1, -0.05) is 6.07 Å². The third-order valence-electron chi connectivity index (χ3n) is 2.72. The number of halogens is 2. The van der Waals surface area contributed by atoms with Crippen LogP contribution in [-0.4, -0.2) is 22.0 Å². The van der Waals surface area contributed by atoms with Gasteiger partial charge in [-0.05, 0) is 76.1 Å². The predicted molar refractivity (Wildman–Crippen MR) is 94.6 cm³/mol. The van der Waals surface area contributed by atoms with E-state index < -0.39 is 10.0 Å². The van der Waals surface area contributed by atoms with Crippen molar-refractivity contribution in [1.82, 2.24) is 5.32 Å². The largest absolute Gasteiger partial charge is 0.319 e. The van der Waals surface area contributed by atoms with Crippen LogP contribution in [0, 0.1) is 0 Å². The molecule has 2 N–H and O–H groups in total. The Labute approximate surface area is 145 Å². The normalized spacial score (nSPS) is 11.6. The molecule has 21 heavy (non-hydrogen) atoms. The van der Waals surface area contributed by atoms with Gasteiger partial charge in [-0.3, -0.25) is 4.72 Å². The van der Waals surface area contributed by atoms with E-state index in [4.69, 9.17) is 0 Å². The zero-order valence-corrected chi connectivity index (χ0v) is 16.0. The number of sulfonamides is 1. The molecule has 0 atom stereocenters. The molecule has 2 aromatic rings. The number of hydrogen-bond acceptors (Lipinski definition) is 4. The lowest BCUT2D eigenvalue weighted by molar-refractivity contribution is 0.603. The molecular formula is C13H14Br2N2O2S2. The molecule has 4 nitrogen and oxygen atoms in total. The van der Waals surface area contributed by atoms with E-state index in [0.717, 1.165) is 17.8 Å². The highest BCUT2D eigenvalue weighted by molar-refractivity contribution is 9.11. The average Bonchev–Trinajstić information content (AvgIpc) is 2.90. The smallest absolute Gasteiger partial charge is 0.271 e. The lowest BCUT2D eigenvalue weighted by Gasteiger charge is -2.10. The molecule has 0 saturated carbocycles. The summed E-state index contributed by atoms with van der Waals surface area (Å²) in [4.78, 5) is 1.04. The standard InChI is InChI=1S/C13H14Br2N2O2S2/c1-16-8-7-9-5-6-12(20-9)21(18,19)17-13-10(14)3-2-4-11(13)15/h2-6,16-17H,7-8H2,1H3. The Kier molecular flexibility index (Phi) is 5.84. The molecule has 0 spiro atoms. The molecule has 0 aliphatic carbocycles. The Balaban J connectivity index is 2.24. The number of para-hydroxylation sites is 1. The van der Waals surface area contributed by atoms with E-state index in [1.165, 1.54) is 11.3 Å². The molecule has 0 bridgehead atoms. The van der Waals surface area contributed by atoms with Crippen LogP contribution in [0.2, 0.25) is 0 Å². The van der Waals surface area contributed by atoms with Gasteiger partial charge < -0.3 is 5.32 Å². The van der Waals surface area contributed by atoms with Gasteiger partial charge in [0.15, 0.2) is 0 Å². The summed E-state index contributed by atoms with van der Waals surface area (Å²) in [5.41, 5.74) is 0.502. The number of rotatable bonds is 6. The van der Waals surface area contributed by atoms with Gasteiger partial charge in [-0.2, -0.15) is 0 Å². The highest BCUT2D eigenvalue weighted by Crippen LogP contribution is 2.33. The van der Waals surface area contributed by atoms with Crippen molar-refractivity contribution in [3.05, 3.63) is 44.2 Å². The molecule has 1 aromatic carbocycles. The monoisotopic (exact) mass is 452 g/mol. The maximum absolute atomic E-state index is 12.4. The van der Waals surface area contributed by atoms with E-state index in [1.807, 2.05) is 19.2 Å². The number of benzene rings is 1. The van der Waals surface area contributed by atoms with Crippen molar-refractivity contribution in [2.75, 3.05) is 18.3 Å². The highest BCUT2D eigenvalue weighted by Gasteiger charge is 2.19. The molecule has 114 valence electrons. The molecule has 0 aliphatic rings. The van der Waals surface area contributed by atoms with Crippen LogP contribution in [0.15, 0.2) is 43.5 Å². The highest BCUT2D eigenvalue weighted by atomic mass is 79.9. The molecule has 0 fully saturated rings. The SMILES string of the molecule is CNCCc1ccc(S(=O)(=O)Nc2c(Br)cccc2Br)s1. The summed E-state index contributed by atoms with van der Waals surface area (Å²) in [6, 6.07) is 8.89. The van der Waals surface area contributed by atoms with E-state index >= 15 is 0 Å². The van der Waals surface area contributed by atoms with Crippen LogP contribution in [-0.2, 0) is 16.4 Å². The number of likely N-dealkylation sites (N-methyl/N-ethyl adjacent to an activating group) is 1. The van der Waals surface area contributed by atoms with Crippen molar-refractivity contribution >= 4 is 58.9 Å². The van der Waals surface area contributed by atoms with Crippen LogP contribution < -0.4 is 10.0 Å². The molecule has 0 aliphatic heterocycles. The topological polar surface area (TPSA) is 58.2 Å². The van der Waals surface area contributed by atoms with Crippen LogP contribution in [0.3, 0.4) is 0 Å². The molecular weight excluding hydrogens is 440 g/mol. The second-order valence-electron chi connectivity index (χ2n) is 4.28. The Morgan fingerprint density at radius 1 is 1.14 bits per heavy atom. The van der Waals surface area contributed by atoms with Crippen LogP contribution in [0.1, 0.15) is 4.88 Å². The summed E-state index contributed by atoms with van der Waals surface area (Å²) < 4.78 is 29.2. The van der Waals surface area contributed by atoms with Crippen LogP contribution >= 0.6 is 43.2 Å². The maximum Gasteiger partial charge on any atom is 0.271 e. The van der Waals surface area contributed by atoms with E-state index in [9.17, 15) is 8.42 Å². The first-order valence-electron chi connectivity index (χ1n) is 6.14. The van der Waals surface area contributed by atoms with Crippen LogP contribution in [0.25, 0.3) is 0 Å². The molecule has 0 saturated heterocycles. The minimum atomic E-state index is -3.57. The first kappa shape index (κ1) is 17.0. The summed E-state index contributed by atoms with van der Waals surface area (Å²) in [5, 5.41) is 3.05. The van der Waals surface area contributed by atoms with Gasteiger partial charge in [0.05, 0.1) is 5.69 Å². The minimum absolute atomic E-state index is 0.316. The molecule has 0 radical (unpaired) electrons. The lowest BCUT2D eigenvalue weighted by atomic mass is 10.3. The van der Waals surface area contributed by atoms with Gasteiger partial charge in [-0.15, -0.1) is 11.3 Å². The number of thiophene rings is 1. The fourth-order valence-corrected chi connectivity index (χ4v) is 5.58. The fraction of sp³-hybridized carbons (Fsp3) is 0.231. The van der Waals surface area contributed by atoms with E-state index in [1.54, 1.807) is 18.2 Å². The number of anilines is 1. The summed E-state index contributed by atoms with van der Waals surface area (Å²) in [6.45, 7) is 0.823. The Morgan fingerprint density at radius 2 is 1.81 bits per heavy atom. The second-order valence-corrected chi connectivity index (χ2v) is 9.06. The quantitative estimate of drug-likeness (QED) is 0.698. The Bertz CT molecular complexity index is 709. The molecule has 0 amide bonds. The van der Waals surface area contributed by atoms with Crippen molar-refractivity contribution in [2.45, 2.75) is 10.6 Å². The summed E-state index contributed by atoms with van der Waals surface area (Å²) in [6.07, 6.45) is 0.815. The Morgan fingerprint density at radius 3 is 2.43 bits per heavy atom. The van der Waals surface area contributed by atoms with Gasteiger partial charge in [-0.25, -0.2) is 8.42 Å². The third-order valence-corrected chi connectivity index (χ3v) is 7.03. The van der Waals surface area contributed by atoms with Crippen molar-refractivity contribution < 1.29 is 8.42 Å². The van der Waals surface area contributed by atoms with Crippen molar-refractivity contribution in [1.29, 1.82) is 0 Å². The molecule has 2 rings (SSSR count). The van der Waals surface area contributed by atoms with E-state index in [-0.39, 0.29) is 0 Å². The van der Waals surface area contributed by atoms with Gasteiger partial charge >= 0.3 is 0 Å². The van der Waals surface area contributed by atoms with Gasteiger partial charge in [0.2, 0.25) is 0 Å². The maximum atomic E-state index is 12.4. The predicted octanol–water partition coefficient (Wildman–Crippen LogP) is 3.84. The third kappa shape index (κ3) is 4.29. The molecule has 0 unspecified atom stereocenters. The first-order valence-corrected chi connectivity index (χ1v) is 10.0. The molecule has 8 heteroatoms. The second kappa shape index (κ2) is 7.23. The van der Waals surface area contributed by atoms with Gasteiger partial charge in [0.1, 0.15) is 4.21 Å². The van der Waals surface area contributed by atoms with Crippen molar-refractivity contribution in [3.8, 4) is 0 Å². The molecule has 1 aromatic heterocycles. The molecule has 1 heterocycles. The minimum Gasteiger partial charge on any atom is -0.319 e. The van der Waals surface area contributed by atoms with Gasteiger partial charge in [0, 0.05) is 13.8 Å². The van der Waals surface area contributed by atoms with Crippen LogP contribution in [0.4, 0.5) is 5.69 Å². The van der Waals surface area contributed by atoms with Crippen molar-refractivity contribution in [2.24, 2.45) is 0 Å².